The standard InChI is InChI=1S/C14H7ClFNO3/c15-11-5-4-8(6-9(11)14(18)19)20-13-3-1-2-12(16)10(13)7-17/h1-6H,(H,18,19). The van der Waals surface area contributed by atoms with Gasteiger partial charge in [0.25, 0.3) is 0 Å². The van der Waals surface area contributed by atoms with E-state index in [4.69, 9.17) is 26.7 Å². The minimum atomic E-state index is -1.21. The largest absolute Gasteiger partial charge is 0.478 e. The summed E-state index contributed by atoms with van der Waals surface area (Å²) in [6.45, 7) is 0. The van der Waals surface area contributed by atoms with E-state index >= 15 is 0 Å². The molecule has 0 saturated carbocycles. The number of hydrogen-bond acceptors (Lipinski definition) is 3. The fraction of sp³-hybridized carbons (Fsp3) is 0. The average molecular weight is 292 g/mol. The van der Waals surface area contributed by atoms with E-state index in [0.29, 0.717) is 0 Å². The highest BCUT2D eigenvalue weighted by Gasteiger charge is 2.13. The van der Waals surface area contributed by atoms with Gasteiger partial charge in [-0.3, -0.25) is 0 Å². The van der Waals surface area contributed by atoms with E-state index < -0.39 is 11.8 Å². The second-order valence-corrected chi connectivity index (χ2v) is 4.18. The fourth-order valence-corrected chi connectivity index (χ4v) is 1.76. The molecule has 2 aromatic rings. The third-order valence-electron chi connectivity index (χ3n) is 2.48. The predicted molar refractivity (Wildman–Crippen MR) is 69.6 cm³/mol. The van der Waals surface area contributed by atoms with Crippen molar-refractivity contribution in [3.8, 4) is 17.6 Å². The third kappa shape index (κ3) is 2.71. The molecule has 1 N–H and O–H groups in total. The summed E-state index contributed by atoms with van der Waals surface area (Å²) in [6.07, 6.45) is 0. The molecule has 2 rings (SSSR count). The maximum Gasteiger partial charge on any atom is 0.337 e. The number of nitrogens with zero attached hydrogens (tertiary/aromatic N) is 1. The smallest absolute Gasteiger partial charge is 0.337 e. The number of carboxylic acid groups (broad SMARTS) is 1. The van der Waals surface area contributed by atoms with Crippen LogP contribution in [0.1, 0.15) is 15.9 Å². The summed E-state index contributed by atoms with van der Waals surface area (Å²) >= 11 is 5.73. The van der Waals surface area contributed by atoms with Gasteiger partial charge >= 0.3 is 5.97 Å². The Kier molecular flexibility index (Phi) is 3.87. The van der Waals surface area contributed by atoms with Crippen LogP contribution in [0.2, 0.25) is 5.02 Å². The highest BCUT2D eigenvalue weighted by molar-refractivity contribution is 6.33. The van der Waals surface area contributed by atoms with Crippen molar-refractivity contribution in [1.82, 2.24) is 0 Å². The normalized spacial score (nSPS) is 9.85. The lowest BCUT2D eigenvalue weighted by Gasteiger charge is -2.09. The van der Waals surface area contributed by atoms with Crippen molar-refractivity contribution in [2.75, 3.05) is 0 Å². The zero-order valence-corrected chi connectivity index (χ0v) is 10.7. The molecule has 0 radical (unpaired) electrons. The zero-order chi connectivity index (χ0) is 14.7. The molecule has 0 aliphatic carbocycles. The highest BCUT2D eigenvalue weighted by Crippen LogP contribution is 2.29. The van der Waals surface area contributed by atoms with Gasteiger partial charge in [-0.05, 0) is 30.3 Å². The van der Waals surface area contributed by atoms with Crippen LogP contribution in [-0.2, 0) is 0 Å². The third-order valence-corrected chi connectivity index (χ3v) is 2.81. The summed E-state index contributed by atoms with van der Waals surface area (Å²) in [5.74, 6) is -1.77. The molecule has 2 aromatic carbocycles. The van der Waals surface area contributed by atoms with E-state index in [0.717, 1.165) is 6.07 Å². The van der Waals surface area contributed by atoms with E-state index in [9.17, 15) is 9.18 Å². The Morgan fingerprint density at radius 3 is 2.75 bits per heavy atom. The van der Waals surface area contributed by atoms with E-state index in [1.54, 1.807) is 6.07 Å². The van der Waals surface area contributed by atoms with Crippen LogP contribution in [0.3, 0.4) is 0 Å². The minimum absolute atomic E-state index is 0.00570. The van der Waals surface area contributed by atoms with Crippen LogP contribution in [-0.4, -0.2) is 11.1 Å². The molecule has 0 bridgehead atoms. The first-order chi connectivity index (χ1) is 9.52. The van der Waals surface area contributed by atoms with Crippen LogP contribution in [0.25, 0.3) is 0 Å². The number of carboxylic acids is 1. The predicted octanol–water partition coefficient (Wildman–Crippen LogP) is 3.84. The van der Waals surface area contributed by atoms with Crippen molar-refractivity contribution in [2.45, 2.75) is 0 Å². The Bertz CT molecular complexity index is 725. The second-order valence-electron chi connectivity index (χ2n) is 3.77. The zero-order valence-electron chi connectivity index (χ0n) is 9.93. The molecular formula is C14H7ClFNO3. The molecule has 6 heteroatoms. The first kappa shape index (κ1) is 13.8. The second kappa shape index (κ2) is 5.59. The topological polar surface area (TPSA) is 70.3 Å². The van der Waals surface area contributed by atoms with Gasteiger partial charge < -0.3 is 9.84 Å². The van der Waals surface area contributed by atoms with Crippen molar-refractivity contribution in [1.29, 1.82) is 5.26 Å². The first-order valence-electron chi connectivity index (χ1n) is 5.42. The van der Waals surface area contributed by atoms with Crippen LogP contribution in [0.4, 0.5) is 4.39 Å². The van der Waals surface area contributed by atoms with Gasteiger partial charge in [0.15, 0.2) is 0 Å². The quantitative estimate of drug-likeness (QED) is 0.932. The van der Waals surface area contributed by atoms with Gasteiger partial charge in [0, 0.05) is 0 Å². The Hall–Kier alpha value is -2.58. The molecule has 0 spiro atoms. The number of hydrogen-bond donors (Lipinski definition) is 1. The Morgan fingerprint density at radius 1 is 1.35 bits per heavy atom. The summed E-state index contributed by atoms with van der Waals surface area (Å²) < 4.78 is 18.7. The number of aromatic carboxylic acids is 1. The van der Waals surface area contributed by atoms with Crippen molar-refractivity contribution in [2.24, 2.45) is 0 Å². The molecule has 0 heterocycles. The molecule has 100 valence electrons. The molecule has 0 amide bonds. The van der Waals surface area contributed by atoms with Gasteiger partial charge in [-0.1, -0.05) is 17.7 Å². The number of rotatable bonds is 3. The summed E-state index contributed by atoms with van der Waals surface area (Å²) in [7, 11) is 0. The van der Waals surface area contributed by atoms with Gasteiger partial charge in [-0.25, -0.2) is 9.18 Å². The Morgan fingerprint density at radius 2 is 2.10 bits per heavy atom. The van der Waals surface area contributed by atoms with Crippen LogP contribution in [0, 0.1) is 17.1 Å². The maximum absolute atomic E-state index is 13.4. The number of nitriles is 1. The molecule has 0 atom stereocenters. The number of carbonyl (C=O) groups is 1. The maximum atomic E-state index is 13.4. The molecule has 0 saturated heterocycles. The van der Waals surface area contributed by atoms with E-state index in [1.165, 1.54) is 30.3 Å². The minimum Gasteiger partial charge on any atom is -0.478 e. The Labute approximate surface area is 118 Å². The number of benzene rings is 2. The summed E-state index contributed by atoms with van der Waals surface area (Å²) in [5, 5.41) is 17.9. The lowest BCUT2D eigenvalue weighted by atomic mass is 10.2. The molecule has 4 nitrogen and oxygen atoms in total. The van der Waals surface area contributed by atoms with Crippen molar-refractivity contribution < 1.29 is 19.0 Å². The van der Waals surface area contributed by atoms with Crippen molar-refractivity contribution in [3.05, 3.63) is 58.4 Å². The molecule has 0 unspecified atom stereocenters. The van der Waals surface area contributed by atoms with Crippen LogP contribution >= 0.6 is 11.6 Å². The van der Waals surface area contributed by atoms with E-state index in [-0.39, 0.29) is 27.6 Å². The lowest BCUT2D eigenvalue weighted by molar-refractivity contribution is 0.0696. The van der Waals surface area contributed by atoms with Crippen LogP contribution < -0.4 is 4.74 Å². The monoisotopic (exact) mass is 291 g/mol. The van der Waals surface area contributed by atoms with E-state index in [1.807, 2.05) is 0 Å². The fourth-order valence-electron chi connectivity index (χ4n) is 1.56. The van der Waals surface area contributed by atoms with Crippen molar-refractivity contribution >= 4 is 17.6 Å². The number of ether oxygens (including phenoxy) is 1. The van der Waals surface area contributed by atoms with Gasteiger partial charge in [0.2, 0.25) is 0 Å². The van der Waals surface area contributed by atoms with Gasteiger partial charge in [-0.15, -0.1) is 0 Å². The molecule has 0 aliphatic rings. The summed E-state index contributed by atoms with van der Waals surface area (Å²) in [4.78, 5) is 11.0. The molecule has 0 aromatic heterocycles. The molecule has 20 heavy (non-hydrogen) atoms. The first-order valence-corrected chi connectivity index (χ1v) is 5.80. The van der Waals surface area contributed by atoms with Gasteiger partial charge in [0.05, 0.1) is 10.6 Å². The summed E-state index contributed by atoms with van der Waals surface area (Å²) in [6, 6.07) is 9.62. The SMILES string of the molecule is N#Cc1c(F)cccc1Oc1ccc(Cl)c(C(=O)O)c1. The molecular weight excluding hydrogens is 285 g/mol. The lowest BCUT2D eigenvalue weighted by Crippen LogP contribution is -1.98. The van der Waals surface area contributed by atoms with Crippen molar-refractivity contribution in [3.63, 3.8) is 0 Å². The van der Waals surface area contributed by atoms with Gasteiger partial charge in [0.1, 0.15) is 28.9 Å². The summed E-state index contributed by atoms with van der Waals surface area (Å²) in [5.41, 5.74) is -0.390. The van der Waals surface area contributed by atoms with Crippen LogP contribution in [0.5, 0.6) is 11.5 Å². The average Bonchev–Trinajstić information content (AvgIpc) is 2.41. The van der Waals surface area contributed by atoms with Crippen LogP contribution in [0.15, 0.2) is 36.4 Å². The van der Waals surface area contributed by atoms with E-state index in [2.05, 4.69) is 0 Å². The van der Waals surface area contributed by atoms with Gasteiger partial charge in [-0.2, -0.15) is 5.26 Å². The molecule has 0 fully saturated rings. The highest BCUT2D eigenvalue weighted by atomic mass is 35.5. The Balaban J connectivity index is 2.41. The number of halogens is 2. The molecule has 0 aliphatic heterocycles.